The summed E-state index contributed by atoms with van der Waals surface area (Å²) in [6.07, 6.45) is 0. The second-order valence-corrected chi connectivity index (χ2v) is 6.25. The normalized spacial score (nSPS) is 10.7. The van der Waals surface area contributed by atoms with Crippen molar-refractivity contribution in [2.24, 2.45) is 0 Å². The van der Waals surface area contributed by atoms with Crippen LogP contribution >= 0.6 is 11.3 Å². The van der Waals surface area contributed by atoms with Crippen LogP contribution in [0, 0.1) is 11.6 Å². The van der Waals surface area contributed by atoms with E-state index in [-0.39, 0.29) is 12.2 Å². The maximum Gasteiger partial charge on any atom is 0.348 e. The minimum Gasteiger partial charge on any atom is -0.462 e. The van der Waals surface area contributed by atoms with E-state index in [0.29, 0.717) is 16.6 Å². The third-order valence-electron chi connectivity index (χ3n) is 3.43. The number of esters is 1. The highest BCUT2D eigenvalue weighted by Crippen LogP contribution is 2.29. The Morgan fingerprint density at radius 1 is 1.12 bits per heavy atom. The SMILES string of the molecule is CCOC(=O)c1cc2cc(NC(=O)c3ccc(F)cc3F)ccc2s1. The van der Waals surface area contributed by atoms with E-state index in [2.05, 4.69) is 5.32 Å². The molecule has 0 radical (unpaired) electrons. The Labute approximate surface area is 146 Å². The first-order chi connectivity index (χ1) is 12.0. The second-order valence-electron chi connectivity index (χ2n) is 5.16. The molecule has 2 aromatic carbocycles. The Morgan fingerprint density at radius 2 is 1.92 bits per heavy atom. The van der Waals surface area contributed by atoms with E-state index < -0.39 is 23.5 Å². The van der Waals surface area contributed by atoms with Gasteiger partial charge in [0, 0.05) is 16.5 Å². The van der Waals surface area contributed by atoms with Crippen LogP contribution in [0.15, 0.2) is 42.5 Å². The molecule has 0 atom stereocenters. The molecule has 1 amide bonds. The Balaban J connectivity index is 1.84. The summed E-state index contributed by atoms with van der Waals surface area (Å²) in [5.74, 6) is -2.76. The number of carbonyl (C=O) groups is 2. The zero-order valence-electron chi connectivity index (χ0n) is 13.1. The molecule has 1 heterocycles. The highest BCUT2D eigenvalue weighted by atomic mass is 32.1. The van der Waals surface area contributed by atoms with Gasteiger partial charge >= 0.3 is 5.97 Å². The monoisotopic (exact) mass is 361 g/mol. The van der Waals surface area contributed by atoms with Crippen molar-refractivity contribution in [3.8, 4) is 0 Å². The molecule has 0 saturated heterocycles. The van der Waals surface area contributed by atoms with Crippen molar-refractivity contribution in [1.82, 2.24) is 0 Å². The van der Waals surface area contributed by atoms with Gasteiger partial charge in [-0.2, -0.15) is 0 Å². The van der Waals surface area contributed by atoms with Gasteiger partial charge in [0.2, 0.25) is 0 Å². The van der Waals surface area contributed by atoms with Gasteiger partial charge in [-0.05, 0) is 48.7 Å². The average molecular weight is 361 g/mol. The molecule has 7 heteroatoms. The van der Waals surface area contributed by atoms with Crippen LogP contribution in [0.25, 0.3) is 10.1 Å². The van der Waals surface area contributed by atoms with Crippen molar-refractivity contribution >= 4 is 39.0 Å². The molecule has 3 rings (SSSR count). The smallest absolute Gasteiger partial charge is 0.348 e. The predicted octanol–water partition coefficient (Wildman–Crippen LogP) is 4.61. The van der Waals surface area contributed by atoms with E-state index in [0.717, 1.165) is 22.2 Å². The number of thiophene rings is 1. The van der Waals surface area contributed by atoms with Crippen molar-refractivity contribution in [3.63, 3.8) is 0 Å². The molecule has 1 N–H and O–H groups in total. The first-order valence-corrected chi connectivity index (χ1v) is 8.26. The van der Waals surface area contributed by atoms with E-state index in [4.69, 9.17) is 4.74 Å². The van der Waals surface area contributed by atoms with Crippen LogP contribution in [0.4, 0.5) is 14.5 Å². The quantitative estimate of drug-likeness (QED) is 0.691. The summed E-state index contributed by atoms with van der Waals surface area (Å²) in [6, 6.07) is 9.50. The van der Waals surface area contributed by atoms with Crippen molar-refractivity contribution < 1.29 is 23.1 Å². The number of nitrogens with one attached hydrogen (secondary N) is 1. The van der Waals surface area contributed by atoms with Crippen LogP contribution in [-0.4, -0.2) is 18.5 Å². The van der Waals surface area contributed by atoms with Gasteiger partial charge in [0.15, 0.2) is 0 Å². The number of rotatable bonds is 4. The summed E-state index contributed by atoms with van der Waals surface area (Å²) in [5.41, 5.74) is 0.188. The fourth-order valence-corrected chi connectivity index (χ4v) is 3.23. The number of hydrogen-bond donors (Lipinski definition) is 1. The van der Waals surface area contributed by atoms with Gasteiger partial charge in [0.25, 0.3) is 5.91 Å². The van der Waals surface area contributed by atoms with E-state index in [1.165, 1.54) is 11.3 Å². The van der Waals surface area contributed by atoms with Crippen LogP contribution in [-0.2, 0) is 4.74 Å². The first-order valence-electron chi connectivity index (χ1n) is 7.45. The molecule has 0 aliphatic rings. The van der Waals surface area contributed by atoms with Gasteiger partial charge in [-0.25, -0.2) is 13.6 Å². The molecule has 0 saturated carbocycles. The molecular formula is C18H13F2NO3S. The van der Waals surface area contributed by atoms with Gasteiger partial charge in [0.05, 0.1) is 12.2 Å². The molecular weight excluding hydrogens is 348 g/mol. The van der Waals surface area contributed by atoms with Gasteiger partial charge in [0.1, 0.15) is 16.5 Å². The third kappa shape index (κ3) is 3.66. The highest BCUT2D eigenvalue weighted by molar-refractivity contribution is 7.20. The molecule has 0 spiro atoms. The Morgan fingerprint density at radius 3 is 2.64 bits per heavy atom. The molecule has 128 valence electrons. The maximum atomic E-state index is 13.7. The minimum atomic E-state index is -0.932. The lowest BCUT2D eigenvalue weighted by atomic mass is 10.1. The largest absolute Gasteiger partial charge is 0.462 e. The molecule has 0 unspecified atom stereocenters. The maximum absolute atomic E-state index is 13.7. The number of fused-ring (bicyclic) bond motifs is 1. The predicted molar refractivity (Wildman–Crippen MR) is 92.1 cm³/mol. The van der Waals surface area contributed by atoms with Crippen LogP contribution in [0.5, 0.6) is 0 Å². The Hall–Kier alpha value is -2.80. The van der Waals surface area contributed by atoms with Crippen molar-refractivity contribution in [2.75, 3.05) is 11.9 Å². The Bertz CT molecular complexity index is 968. The van der Waals surface area contributed by atoms with Crippen LogP contribution in [0.2, 0.25) is 0 Å². The van der Waals surface area contributed by atoms with Crippen LogP contribution in [0.3, 0.4) is 0 Å². The van der Waals surface area contributed by atoms with Gasteiger partial charge in [-0.1, -0.05) is 0 Å². The van der Waals surface area contributed by atoms with Crippen molar-refractivity contribution in [2.45, 2.75) is 6.92 Å². The minimum absolute atomic E-state index is 0.251. The number of carbonyl (C=O) groups excluding carboxylic acids is 2. The molecule has 4 nitrogen and oxygen atoms in total. The summed E-state index contributed by atoms with van der Waals surface area (Å²) in [5, 5.41) is 3.32. The lowest BCUT2D eigenvalue weighted by molar-refractivity contribution is 0.0532. The fourth-order valence-electron chi connectivity index (χ4n) is 2.30. The molecule has 1 aromatic heterocycles. The standard InChI is InChI=1S/C18H13F2NO3S/c1-2-24-18(23)16-8-10-7-12(4-6-15(10)25-16)21-17(22)13-5-3-11(19)9-14(13)20/h3-9H,2H2,1H3,(H,21,22). The number of anilines is 1. The number of ether oxygens (including phenoxy) is 1. The second kappa shape index (κ2) is 6.98. The van der Waals surface area contributed by atoms with Gasteiger partial charge < -0.3 is 10.1 Å². The van der Waals surface area contributed by atoms with Crippen LogP contribution in [0.1, 0.15) is 27.0 Å². The molecule has 0 bridgehead atoms. The topological polar surface area (TPSA) is 55.4 Å². The van der Waals surface area contributed by atoms with Gasteiger partial charge in [-0.3, -0.25) is 4.79 Å². The molecule has 25 heavy (non-hydrogen) atoms. The van der Waals surface area contributed by atoms with E-state index >= 15 is 0 Å². The number of hydrogen-bond acceptors (Lipinski definition) is 4. The van der Waals surface area contributed by atoms with E-state index in [1.54, 1.807) is 31.2 Å². The van der Waals surface area contributed by atoms with Crippen molar-refractivity contribution in [1.29, 1.82) is 0 Å². The molecule has 3 aromatic rings. The van der Waals surface area contributed by atoms with Crippen molar-refractivity contribution in [3.05, 3.63) is 64.5 Å². The number of amides is 1. The van der Waals surface area contributed by atoms with E-state index in [1.807, 2.05) is 0 Å². The summed E-state index contributed by atoms with van der Waals surface area (Å²) in [7, 11) is 0. The first kappa shape index (κ1) is 17.0. The summed E-state index contributed by atoms with van der Waals surface area (Å²) >= 11 is 1.28. The van der Waals surface area contributed by atoms with Gasteiger partial charge in [-0.15, -0.1) is 11.3 Å². The molecule has 0 aliphatic heterocycles. The highest BCUT2D eigenvalue weighted by Gasteiger charge is 2.14. The van der Waals surface area contributed by atoms with E-state index in [9.17, 15) is 18.4 Å². The summed E-state index contributed by atoms with van der Waals surface area (Å²) in [4.78, 5) is 24.4. The summed E-state index contributed by atoms with van der Waals surface area (Å²) in [6.45, 7) is 2.02. The fraction of sp³-hybridized carbons (Fsp3) is 0.111. The number of halogens is 2. The summed E-state index contributed by atoms with van der Waals surface area (Å²) < 4.78 is 32.4. The average Bonchev–Trinajstić information content (AvgIpc) is 2.98. The lowest BCUT2D eigenvalue weighted by Gasteiger charge is -2.06. The van der Waals surface area contributed by atoms with Crippen LogP contribution < -0.4 is 5.32 Å². The molecule has 0 aliphatic carbocycles. The molecule has 0 fully saturated rings. The third-order valence-corrected chi connectivity index (χ3v) is 4.52. The lowest BCUT2D eigenvalue weighted by Crippen LogP contribution is -2.13. The Kier molecular flexibility index (Phi) is 4.76. The zero-order chi connectivity index (χ0) is 18.0. The zero-order valence-corrected chi connectivity index (χ0v) is 14.0. The number of benzene rings is 2.